The lowest BCUT2D eigenvalue weighted by Gasteiger charge is -2.16. The highest BCUT2D eigenvalue weighted by atomic mass is 16.5. The van der Waals surface area contributed by atoms with Crippen molar-refractivity contribution in [3.63, 3.8) is 0 Å². The van der Waals surface area contributed by atoms with E-state index in [2.05, 4.69) is 15.4 Å². The molecular weight excluding hydrogens is 224 g/mol. The molecule has 1 fully saturated rings. The molecule has 0 aromatic rings. The minimum Gasteiger partial charge on any atom is -0.467 e. The molecule has 6 heteroatoms. The summed E-state index contributed by atoms with van der Waals surface area (Å²) in [6.07, 6.45) is 2.72. The van der Waals surface area contributed by atoms with E-state index < -0.39 is 12.1 Å². The smallest absolute Gasteiger partial charge is 0.336 e. The maximum Gasteiger partial charge on any atom is 0.336 e. The van der Waals surface area contributed by atoms with Crippen LogP contribution < -0.4 is 10.6 Å². The predicted octanol–water partition coefficient (Wildman–Crippen LogP) is -0.831. The van der Waals surface area contributed by atoms with Crippen molar-refractivity contribution in [2.24, 2.45) is 0 Å². The van der Waals surface area contributed by atoms with E-state index in [9.17, 15) is 14.7 Å². The molecular formula is C11H20N2O4. The van der Waals surface area contributed by atoms with Gasteiger partial charge in [-0.2, -0.15) is 0 Å². The Bertz CT molecular complexity index is 262. The minimum atomic E-state index is -1.30. The Labute approximate surface area is 101 Å². The van der Waals surface area contributed by atoms with Crippen LogP contribution in [0.1, 0.15) is 25.7 Å². The molecule has 0 aromatic heterocycles. The lowest BCUT2D eigenvalue weighted by atomic mass is 10.1. The van der Waals surface area contributed by atoms with Crippen LogP contribution in [0.4, 0.5) is 0 Å². The van der Waals surface area contributed by atoms with Crippen molar-refractivity contribution in [2.75, 3.05) is 20.2 Å². The molecule has 0 saturated carbocycles. The van der Waals surface area contributed by atoms with Gasteiger partial charge in [-0.05, 0) is 19.4 Å². The van der Waals surface area contributed by atoms with Crippen LogP contribution in [0.15, 0.2) is 0 Å². The number of aliphatic hydroxyl groups is 1. The second-order valence-corrected chi connectivity index (χ2v) is 4.14. The van der Waals surface area contributed by atoms with Crippen molar-refractivity contribution in [2.45, 2.75) is 37.8 Å². The monoisotopic (exact) mass is 244 g/mol. The molecule has 6 nitrogen and oxygen atoms in total. The third kappa shape index (κ3) is 4.70. The van der Waals surface area contributed by atoms with Gasteiger partial charge in [0.25, 0.3) is 0 Å². The van der Waals surface area contributed by atoms with Crippen molar-refractivity contribution in [3.05, 3.63) is 0 Å². The Morgan fingerprint density at radius 2 is 2.24 bits per heavy atom. The van der Waals surface area contributed by atoms with E-state index in [1.165, 1.54) is 7.11 Å². The number of esters is 1. The first-order valence-electron chi connectivity index (χ1n) is 5.92. The number of carbonyl (C=O) groups is 2. The summed E-state index contributed by atoms with van der Waals surface area (Å²) in [5.74, 6) is -0.908. The van der Waals surface area contributed by atoms with E-state index in [-0.39, 0.29) is 18.5 Å². The number of methoxy groups -OCH3 is 1. The molecule has 0 radical (unpaired) electrons. The highest BCUT2D eigenvalue weighted by Crippen LogP contribution is 2.08. The van der Waals surface area contributed by atoms with Gasteiger partial charge >= 0.3 is 5.97 Å². The Morgan fingerprint density at radius 3 is 2.94 bits per heavy atom. The highest BCUT2D eigenvalue weighted by molar-refractivity contribution is 5.82. The van der Waals surface area contributed by atoms with Gasteiger partial charge < -0.3 is 20.5 Å². The third-order valence-corrected chi connectivity index (χ3v) is 2.82. The molecule has 3 N–H and O–H groups in total. The van der Waals surface area contributed by atoms with Gasteiger partial charge in [0.1, 0.15) is 0 Å². The fourth-order valence-electron chi connectivity index (χ4n) is 1.79. The van der Waals surface area contributed by atoms with Crippen LogP contribution >= 0.6 is 0 Å². The first-order chi connectivity index (χ1) is 8.15. The summed E-state index contributed by atoms with van der Waals surface area (Å²) in [4.78, 5) is 22.6. The number of ether oxygens (including phenoxy) is 1. The molecule has 0 aromatic carbocycles. The maximum atomic E-state index is 11.7. The second-order valence-electron chi connectivity index (χ2n) is 4.14. The number of aliphatic hydroxyl groups excluding tert-OH is 1. The van der Waals surface area contributed by atoms with Crippen LogP contribution in [-0.2, 0) is 14.3 Å². The van der Waals surface area contributed by atoms with E-state index in [0.29, 0.717) is 0 Å². The van der Waals surface area contributed by atoms with Crippen molar-refractivity contribution < 1.29 is 19.4 Å². The van der Waals surface area contributed by atoms with Crippen LogP contribution in [0.5, 0.6) is 0 Å². The molecule has 2 atom stereocenters. The average molecular weight is 244 g/mol. The normalized spacial score (nSPS) is 22.4. The number of carbonyl (C=O) groups excluding carboxylic acids is 2. The molecule has 1 aliphatic heterocycles. The SMILES string of the molecule is COC(=O)C(O)CNC(=O)C1CCCCCN1. The Morgan fingerprint density at radius 1 is 1.47 bits per heavy atom. The van der Waals surface area contributed by atoms with Crippen molar-refractivity contribution in [3.8, 4) is 0 Å². The summed E-state index contributed by atoms with van der Waals surface area (Å²) in [7, 11) is 1.19. The maximum absolute atomic E-state index is 11.7. The summed E-state index contributed by atoms with van der Waals surface area (Å²) in [6, 6.07) is -0.220. The van der Waals surface area contributed by atoms with Gasteiger partial charge in [-0.15, -0.1) is 0 Å². The van der Waals surface area contributed by atoms with Crippen molar-refractivity contribution in [1.82, 2.24) is 10.6 Å². The van der Waals surface area contributed by atoms with Gasteiger partial charge in [-0.25, -0.2) is 4.79 Å². The molecule has 1 aliphatic rings. The van der Waals surface area contributed by atoms with Crippen molar-refractivity contribution in [1.29, 1.82) is 0 Å². The standard InChI is InChI=1S/C11H20N2O4/c1-17-11(16)9(14)7-13-10(15)8-5-3-2-4-6-12-8/h8-9,12,14H,2-7H2,1H3,(H,13,15). The number of nitrogens with one attached hydrogen (secondary N) is 2. The van der Waals surface area contributed by atoms with Gasteiger partial charge in [-0.3, -0.25) is 4.79 Å². The summed E-state index contributed by atoms with van der Waals surface area (Å²) in [5, 5.41) is 15.0. The Hall–Kier alpha value is -1.14. The quantitative estimate of drug-likeness (QED) is 0.562. The molecule has 0 aliphatic carbocycles. The van der Waals surface area contributed by atoms with Gasteiger partial charge in [0.2, 0.25) is 5.91 Å². The number of amides is 1. The van der Waals surface area contributed by atoms with E-state index in [1.807, 2.05) is 0 Å². The molecule has 0 bridgehead atoms. The number of rotatable bonds is 4. The highest BCUT2D eigenvalue weighted by Gasteiger charge is 2.21. The molecule has 98 valence electrons. The lowest BCUT2D eigenvalue weighted by molar-refractivity contribution is -0.150. The molecule has 1 rings (SSSR count). The van der Waals surface area contributed by atoms with E-state index >= 15 is 0 Å². The van der Waals surface area contributed by atoms with Crippen molar-refractivity contribution >= 4 is 11.9 Å². The largest absolute Gasteiger partial charge is 0.467 e. The first kappa shape index (κ1) is 13.9. The van der Waals surface area contributed by atoms with Gasteiger partial charge in [0.15, 0.2) is 6.10 Å². The molecule has 1 amide bonds. The van der Waals surface area contributed by atoms with Crippen LogP contribution in [0, 0.1) is 0 Å². The van der Waals surface area contributed by atoms with Crippen LogP contribution in [0.25, 0.3) is 0 Å². The number of hydrogen-bond donors (Lipinski definition) is 3. The summed E-state index contributed by atoms with van der Waals surface area (Å²) in [6.45, 7) is 0.724. The fraction of sp³-hybridized carbons (Fsp3) is 0.818. The van der Waals surface area contributed by atoms with Gasteiger partial charge in [-0.1, -0.05) is 12.8 Å². The van der Waals surface area contributed by atoms with Gasteiger partial charge in [0, 0.05) is 0 Å². The fourth-order valence-corrected chi connectivity index (χ4v) is 1.79. The molecule has 1 heterocycles. The molecule has 2 unspecified atom stereocenters. The zero-order valence-electron chi connectivity index (χ0n) is 10.1. The van der Waals surface area contributed by atoms with Crippen LogP contribution in [0.3, 0.4) is 0 Å². The molecule has 0 spiro atoms. The molecule has 17 heavy (non-hydrogen) atoms. The van der Waals surface area contributed by atoms with Crippen LogP contribution in [0.2, 0.25) is 0 Å². The number of hydrogen-bond acceptors (Lipinski definition) is 5. The van der Waals surface area contributed by atoms with Gasteiger partial charge in [0.05, 0.1) is 19.7 Å². The second kappa shape index (κ2) is 7.24. The van der Waals surface area contributed by atoms with E-state index in [1.54, 1.807) is 0 Å². The summed E-state index contributed by atoms with van der Waals surface area (Å²) in [5.41, 5.74) is 0. The van der Waals surface area contributed by atoms with Crippen LogP contribution in [-0.4, -0.2) is 49.3 Å². The third-order valence-electron chi connectivity index (χ3n) is 2.82. The first-order valence-corrected chi connectivity index (χ1v) is 5.92. The van der Waals surface area contributed by atoms with E-state index in [0.717, 1.165) is 32.2 Å². The summed E-state index contributed by atoms with van der Waals surface area (Å²) < 4.78 is 4.35. The molecule has 1 saturated heterocycles. The predicted molar refractivity (Wildman–Crippen MR) is 61.3 cm³/mol. The average Bonchev–Trinajstić information content (AvgIpc) is 2.63. The lowest BCUT2D eigenvalue weighted by Crippen LogP contribution is -2.47. The Balaban J connectivity index is 2.30. The van der Waals surface area contributed by atoms with E-state index in [4.69, 9.17) is 0 Å². The Kier molecular flexibility index (Phi) is 5.93. The topological polar surface area (TPSA) is 87.7 Å². The zero-order valence-corrected chi connectivity index (χ0v) is 10.1. The summed E-state index contributed by atoms with van der Waals surface area (Å²) >= 11 is 0. The minimum absolute atomic E-state index is 0.107. The zero-order chi connectivity index (χ0) is 12.7.